The van der Waals surface area contributed by atoms with E-state index in [1.54, 1.807) is 0 Å². The highest BCUT2D eigenvalue weighted by molar-refractivity contribution is 5.88. The van der Waals surface area contributed by atoms with E-state index in [4.69, 9.17) is 10.5 Å². The highest BCUT2D eigenvalue weighted by Gasteiger charge is 2.40. The quantitative estimate of drug-likeness (QED) is 0.546. The minimum absolute atomic E-state index is 0.0591. The van der Waals surface area contributed by atoms with Crippen LogP contribution < -0.4 is 16.6 Å². The molecule has 0 aromatic heterocycles. The molecule has 1 fully saturated rings. The summed E-state index contributed by atoms with van der Waals surface area (Å²) in [6, 6.07) is 3.72. The lowest BCUT2D eigenvalue weighted by Gasteiger charge is -2.21. The molecule has 0 aliphatic carbocycles. The molecule has 0 saturated carbocycles. The molecular weight excluding hydrogens is 307 g/mol. The van der Waals surface area contributed by atoms with Gasteiger partial charge in [0.2, 0.25) is 0 Å². The molecule has 0 spiro atoms. The molecule has 2 atom stereocenters. The molecule has 1 aliphatic heterocycles. The van der Waals surface area contributed by atoms with Crippen LogP contribution >= 0.6 is 0 Å². The molecular formula is C14H17FN4O4. The van der Waals surface area contributed by atoms with Gasteiger partial charge in [0.05, 0.1) is 12.2 Å². The number of esters is 1. The number of rotatable bonds is 4. The van der Waals surface area contributed by atoms with Crippen molar-refractivity contribution in [2.75, 3.05) is 12.0 Å². The third kappa shape index (κ3) is 4.31. The molecule has 2 unspecified atom stereocenters. The van der Waals surface area contributed by atoms with Crippen LogP contribution in [-0.2, 0) is 14.3 Å². The van der Waals surface area contributed by atoms with Gasteiger partial charge in [0.25, 0.3) is 5.91 Å². The Morgan fingerprint density at radius 2 is 1.96 bits per heavy atom. The molecule has 1 saturated heterocycles. The van der Waals surface area contributed by atoms with Crippen LogP contribution in [0.25, 0.3) is 0 Å². The van der Waals surface area contributed by atoms with Crippen molar-refractivity contribution in [2.24, 2.45) is 5.73 Å². The number of urea groups is 1. The first-order valence-electron chi connectivity index (χ1n) is 6.91. The largest absolute Gasteiger partial charge is 0.461 e. The Morgan fingerprint density at radius 3 is 2.52 bits per heavy atom. The van der Waals surface area contributed by atoms with Crippen LogP contribution in [0.15, 0.2) is 24.3 Å². The number of carbonyl (C=O) groups is 3. The van der Waals surface area contributed by atoms with Crippen molar-refractivity contribution in [1.29, 1.82) is 0 Å². The molecule has 8 nitrogen and oxygen atoms in total. The fraction of sp³-hybridized carbons (Fsp3) is 0.357. The second-order valence-corrected chi connectivity index (χ2v) is 5.09. The number of amides is 3. The van der Waals surface area contributed by atoms with Crippen LogP contribution in [0, 0.1) is 5.82 Å². The van der Waals surface area contributed by atoms with E-state index < -0.39 is 35.9 Å². The molecule has 0 bridgehead atoms. The zero-order chi connectivity index (χ0) is 17.0. The molecule has 0 radical (unpaired) electrons. The maximum absolute atomic E-state index is 12.8. The summed E-state index contributed by atoms with van der Waals surface area (Å²) in [5.41, 5.74) is 10.7. The van der Waals surface area contributed by atoms with E-state index in [1.165, 1.54) is 31.2 Å². The van der Waals surface area contributed by atoms with Gasteiger partial charge in [-0.1, -0.05) is 0 Å². The highest BCUT2D eigenvalue weighted by atomic mass is 19.1. The Hall–Kier alpha value is -2.84. The Bertz CT molecular complexity index is 607. The van der Waals surface area contributed by atoms with E-state index in [2.05, 4.69) is 10.9 Å². The van der Waals surface area contributed by atoms with Gasteiger partial charge in [-0.15, -0.1) is 0 Å². The van der Waals surface area contributed by atoms with E-state index in [1.807, 2.05) is 0 Å². The predicted molar refractivity (Wildman–Crippen MR) is 78.4 cm³/mol. The van der Waals surface area contributed by atoms with Crippen LogP contribution in [0.2, 0.25) is 0 Å². The average molecular weight is 324 g/mol. The Morgan fingerprint density at radius 1 is 1.30 bits per heavy atom. The number of primary amides is 1. The molecule has 124 valence electrons. The van der Waals surface area contributed by atoms with Crippen molar-refractivity contribution in [2.45, 2.75) is 25.5 Å². The summed E-state index contributed by atoms with van der Waals surface area (Å²) in [5.74, 6) is -1.41. The lowest BCUT2D eigenvalue weighted by atomic mass is 10.2. The second kappa shape index (κ2) is 6.95. The van der Waals surface area contributed by atoms with E-state index in [9.17, 15) is 18.8 Å². The van der Waals surface area contributed by atoms with Crippen molar-refractivity contribution >= 4 is 23.6 Å². The Labute approximate surface area is 131 Å². The van der Waals surface area contributed by atoms with Crippen molar-refractivity contribution in [3.8, 4) is 0 Å². The number of nitrogens with zero attached hydrogens (tertiary/aromatic N) is 1. The van der Waals surface area contributed by atoms with Crippen LogP contribution in [-0.4, -0.2) is 41.5 Å². The fourth-order valence-electron chi connectivity index (χ4n) is 2.36. The highest BCUT2D eigenvalue weighted by Crippen LogP contribution is 2.20. The molecule has 1 aliphatic rings. The van der Waals surface area contributed by atoms with Crippen LogP contribution in [0.1, 0.15) is 13.3 Å². The summed E-state index contributed by atoms with van der Waals surface area (Å²) in [6.07, 6.45) is -0.430. The standard InChI is InChI=1S/C14H17FN4O4/c1-8(20)23-11-6-12(19(7-11)14(16)22)13(21)18-17-10-4-2-9(15)3-5-10/h2-5,11-12,17H,6-7H2,1H3,(H2,16,22)(H,18,21). The summed E-state index contributed by atoms with van der Waals surface area (Å²) >= 11 is 0. The van der Waals surface area contributed by atoms with Crippen molar-refractivity contribution < 1.29 is 23.5 Å². The van der Waals surface area contributed by atoms with E-state index >= 15 is 0 Å². The normalized spacial score (nSPS) is 20.0. The number of hydrogen-bond acceptors (Lipinski definition) is 5. The molecule has 4 N–H and O–H groups in total. The summed E-state index contributed by atoms with van der Waals surface area (Å²) < 4.78 is 17.8. The smallest absolute Gasteiger partial charge is 0.315 e. The van der Waals surface area contributed by atoms with Crippen LogP contribution in [0.3, 0.4) is 0 Å². The van der Waals surface area contributed by atoms with E-state index in [0.717, 1.165) is 4.90 Å². The third-order valence-corrected chi connectivity index (χ3v) is 3.36. The maximum atomic E-state index is 12.8. The monoisotopic (exact) mass is 324 g/mol. The van der Waals surface area contributed by atoms with Gasteiger partial charge in [-0.25, -0.2) is 9.18 Å². The predicted octanol–water partition coefficient (Wildman–Crippen LogP) is 0.353. The number of likely N-dealkylation sites (tertiary alicyclic amines) is 1. The fourth-order valence-corrected chi connectivity index (χ4v) is 2.36. The van der Waals surface area contributed by atoms with Gasteiger partial charge in [-0.2, -0.15) is 0 Å². The zero-order valence-electron chi connectivity index (χ0n) is 12.4. The SMILES string of the molecule is CC(=O)OC1CC(C(=O)NNc2ccc(F)cc2)N(C(N)=O)C1. The number of hydrogen-bond donors (Lipinski definition) is 3. The summed E-state index contributed by atoms with van der Waals surface area (Å²) in [6.45, 7) is 1.31. The van der Waals surface area contributed by atoms with Gasteiger partial charge in [0.1, 0.15) is 18.0 Å². The molecule has 1 heterocycles. The summed E-state index contributed by atoms with van der Waals surface area (Å²) in [5, 5.41) is 0. The first kappa shape index (κ1) is 16.5. The van der Waals surface area contributed by atoms with Crippen molar-refractivity contribution in [1.82, 2.24) is 10.3 Å². The lowest BCUT2D eigenvalue weighted by molar-refractivity contribution is -0.145. The number of anilines is 1. The summed E-state index contributed by atoms with van der Waals surface area (Å²) in [4.78, 5) is 35.7. The molecule has 1 aromatic rings. The van der Waals surface area contributed by atoms with Gasteiger partial charge in [-0.05, 0) is 24.3 Å². The number of nitrogens with two attached hydrogens (primary N) is 1. The number of nitrogens with one attached hydrogen (secondary N) is 2. The Kier molecular flexibility index (Phi) is 4.99. The van der Waals surface area contributed by atoms with Gasteiger partial charge in [0, 0.05) is 13.3 Å². The molecule has 3 amide bonds. The third-order valence-electron chi connectivity index (χ3n) is 3.36. The van der Waals surface area contributed by atoms with Crippen molar-refractivity contribution in [3.63, 3.8) is 0 Å². The topological polar surface area (TPSA) is 114 Å². The zero-order valence-corrected chi connectivity index (χ0v) is 12.4. The average Bonchev–Trinajstić information content (AvgIpc) is 2.89. The van der Waals surface area contributed by atoms with Crippen LogP contribution in [0.5, 0.6) is 0 Å². The number of ether oxygens (including phenoxy) is 1. The van der Waals surface area contributed by atoms with Gasteiger partial charge >= 0.3 is 12.0 Å². The number of halogens is 1. The molecule has 9 heteroatoms. The maximum Gasteiger partial charge on any atom is 0.315 e. The van der Waals surface area contributed by atoms with E-state index in [0.29, 0.717) is 5.69 Å². The van der Waals surface area contributed by atoms with Crippen LogP contribution in [0.4, 0.5) is 14.9 Å². The molecule has 23 heavy (non-hydrogen) atoms. The number of hydrazine groups is 1. The Balaban J connectivity index is 1.97. The van der Waals surface area contributed by atoms with Crippen molar-refractivity contribution in [3.05, 3.63) is 30.1 Å². The van der Waals surface area contributed by atoms with Gasteiger partial charge in [-0.3, -0.25) is 20.4 Å². The minimum Gasteiger partial charge on any atom is -0.461 e. The lowest BCUT2D eigenvalue weighted by Crippen LogP contribution is -2.49. The number of carbonyl (C=O) groups excluding carboxylic acids is 3. The molecule has 2 rings (SSSR count). The van der Waals surface area contributed by atoms with Gasteiger partial charge in [0.15, 0.2) is 0 Å². The summed E-state index contributed by atoms with van der Waals surface area (Å²) in [7, 11) is 0. The molecule has 1 aromatic carbocycles. The second-order valence-electron chi connectivity index (χ2n) is 5.09. The first-order valence-corrected chi connectivity index (χ1v) is 6.91. The minimum atomic E-state index is -0.857. The number of benzene rings is 1. The van der Waals surface area contributed by atoms with E-state index in [-0.39, 0.29) is 13.0 Å². The van der Waals surface area contributed by atoms with Gasteiger partial charge < -0.3 is 15.4 Å². The first-order chi connectivity index (χ1) is 10.9.